The molecule has 0 bridgehead atoms. The molecule has 10 aromatic carbocycles. The quantitative estimate of drug-likeness (QED) is 0.0430. The van der Waals surface area contributed by atoms with E-state index in [1.807, 2.05) is 113 Å². The first-order valence-corrected chi connectivity index (χ1v) is 47.9. The van der Waals surface area contributed by atoms with E-state index in [1.54, 1.807) is 105 Å². The topological polar surface area (TPSA) is 359 Å². The van der Waals surface area contributed by atoms with Gasteiger partial charge in [0.1, 0.15) is 77.2 Å². The number of thiazole rings is 1. The first kappa shape index (κ1) is 97.5. The van der Waals surface area contributed by atoms with Gasteiger partial charge >= 0.3 is 6.61 Å². The molecule has 0 unspecified atom stereocenters. The van der Waals surface area contributed by atoms with E-state index in [4.69, 9.17) is 47.4 Å². The maximum absolute atomic E-state index is 13.0. The summed E-state index contributed by atoms with van der Waals surface area (Å²) < 4.78 is 162. The number of nitrogens with one attached hydrogen (secondary N) is 2. The number of hydrogen-bond acceptors (Lipinski definition) is 27. The molecule has 2 N–H and O–H groups in total. The standard InChI is InChI=1S/C23H24N2O5S.C22H26N2O6S.C19H20O5.C18H14F2N2O4S2.C16H15N3O/c1-25-23-16-8-4-5-10-21(16)31(27,28)14-17(23)22(24-25)18(26)9-6-7-15-11-12-19(29-2)20(13-15)30-3;1-16-3-5-19(17(2)13-16)30-15-22(25)23-7-9-24(10-8-23)31(26,27)18-4-6-20-21(14-18)29-12-11-28-20;1-12-7-18(21-3)13(2)6-14(12)8-15(20)10-22-16-4-5-17-19(9-16)24-11-23-17;19-18(20)26-15-4-2-1-3-14(15)17(23)22-12-5-7-13(8-6-12)28(24,25)11-16-21-9-10-27-16;1-11-3-8-15-14(9-11)16(18-10-17-15)19-12-4-6-13(20-2)7-5-12/h4-5,8,10-13H,6-7,9,14H2,1-3H3;3-6,13-14H,7-12,15H2,1-2H3;4-7,9H,8,10-11H2,1-3H3;1-10,18H,11H2,(H,22,23);3-10H,1-2H3,(H,17,18,19). The second-order valence-electron chi connectivity index (χ2n) is 31.1. The number of sulfonamides is 1. The lowest BCUT2D eigenvalue weighted by molar-refractivity contribution is -0.134. The number of Topliss-reactive ketones (excluding diaryl/α,β-unsaturated/α-hetero) is 2. The van der Waals surface area contributed by atoms with Crippen LogP contribution < -0.4 is 62.7 Å². The SMILES string of the molecule is COc1cc(C)c(CC(=O)COc2ccc3c(c2)OCO3)cc1C.COc1ccc(CCCC(=O)c2nn(C)c3c2CS(=O)(=O)c2ccccc2-3)cc1OC.COc1ccc(Nc2ncnc3ccc(C)cc23)cc1.Cc1ccc(OCC(=O)N2CCN(S(=O)(=O)c3ccc4c(c3)OCCO4)CC2)c(C)c1.O=C(Nc1ccc(S(=O)(=O)Cc2nccs2)cc1)c1ccccc1OC(F)F. The van der Waals surface area contributed by atoms with Crippen molar-refractivity contribution in [3.8, 4) is 74.5 Å². The Bertz CT molecular complexity index is 6760. The Labute approximate surface area is 778 Å². The molecule has 700 valence electrons. The Morgan fingerprint density at radius 1 is 0.590 bits per heavy atom. The van der Waals surface area contributed by atoms with Gasteiger partial charge in [0.2, 0.25) is 16.8 Å². The number of halogens is 2. The van der Waals surface area contributed by atoms with Gasteiger partial charge in [-0.25, -0.2) is 40.2 Å². The van der Waals surface area contributed by atoms with E-state index in [9.17, 15) is 53.2 Å². The summed E-state index contributed by atoms with van der Waals surface area (Å²) in [5.74, 6) is 5.75. The number of carbonyl (C=O) groups excluding carboxylic acids is 4. The average Bonchev–Trinajstić information content (AvgIpc) is 1.57. The summed E-state index contributed by atoms with van der Waals surface area (Å²) in [5, 5.41) is 13.4. The van der Waals surface area contributed by atoms with Crippen LogP contribution >= 0.6 is 11.3 Å². The molecule has 30 nitrogen and oxygen atoms in total. The van der Waals surface area contributed by atoms with Crippen LogP contribution in [-0.4, -0.2) is 177 Å². The summed E-state index contributed by atoms with van der Waals surface area (Å²) in [6.07, 6.45) is 5.01. The Morgan fingerprint density at radius 2 is 1.25 bits per heavy atom. The largest absolute Gasteiger partial charge is 0.497 e. The van der Waals surface area contributed by atoms with Crippen molar-refractivity contribution < 1.29 is 105 Å². The first-order chi connectivity index (χ1) is 64.4. The van der Waals surface area contributed by atoms with E-state index in [1.165, 1.54) is 88.1 Å². The highest BCUT2D eigenvalue weighted by atomic mass is 32.2. The number of sulfone groups is 2. The number of alkyl halides is 2. The second-order valence-corrected chi connectivity index (χ2v) is 37.9. The van der Waals surface area contributed by atoms with Gasteiger partial charge in [-0.05, 0) is 203 Å². The summed E-state index contributed by atoms with van der Waals surface area (Å²) in [7, 11) is -2.54. The van der Waals surface area contributed by atoms with Gasteiger partial charge < -0.3 is 67.6 Å². The predicted molar refractivity (Wildman–Crippen MR) is 501 cm³/mol. The van der Waals surface area contributed by atoms with Crippen molar-refractivity contribution in [3.63, 3.8) is 0 Å². The van der Waals surface area contributed by atoms with Crippen LogP contribution in [-0.2, 0) is 70.7 Å². The number of anilines is 3. The third kappa shape index (κ3) is 24.8. The number of benzene rings is 10. The number of para-hydroxylation sites is 1. The molecule has 1 saturated heterocycles. The van der Waals surface area contributed by atoms with Gasteiger partial charge in [-0.15, -0.1) is 11.3 Å². The van der Waals surface area contributed by atoms with Gasteiger partial charge in [-0.1, -0.05) is 71.8 Å². The lowest BCUT2D eigenvalue weighted by Gasteiger charge is -2.34. The normalized spacial score (nSPS) is 13.2. The summed E-state index contributed by atoms with van der Waals surface area (Å²) in [6, 6.07) is 57.2. The fourth-order valence-electron chi connectivity index (χ4n) is 14.9. The molecular weight excluding hydrogens is 1810 g/mol. The van der Waals surface area contributed by atoms with Crippen LogP contribution in [0.25, 0.3) is 22.2 Å². The Morgan fingerprint density at radius 3 is 1.97 bits per heavy atom. The summed E-state index contributed by atoms with van der Waals surface area (Å²) >= 11 is 1.25. The summed E-state index contributed by atoms with van der Waals surface area (Å²) in [6.45, 7) is 8.98. The smallest absolute Gasteiger partial charge is 0.387 e. The molecule has 4 aliphatic rings. The Kier molecular flexibility index (Phi) is 32.3. The Hall–Kier alpha value is -14.1. The highest BCUT2D eigenvalue weighted by Gasteiger charge is 2.36. The highest BCUT2D eigenvalue weighted by molar-refractivity contribution is 7.91. The predicted octanol–water partition coefficient (Wildman–Crippen LogP) is 16.5. The molecule has 7 heterocycles. The monoisotopic (exact) mass is 1900 g/mol. The van der Waals surface area contributed by atoms with E-state index in [0.717, 1.165) is 67.3 Å². The number of fused-ring (bicyclic) bond motifs is 6. The molecule has 13 aromatic rings. The maximum atomic E-state index is 13.0. The van der Waals surface area contributed by atoms with Crippen LogP contribution in [0.4, 0.5) is 26.0 Å². The molecule has 36 heteroatoms. The minimum atomic E-state index is -3.68. The average molecular weight is 1910 g/mol. The third-order valence-corrected chi connectivity index (χ3v) is 27.9. The van der Waals surface area contributed by atoms with Gasteiger partial charge in [0, 0.05) is 97.7 Å². The maximum Gasteiger partial charge on any atom is 0.387 e. The molecule has 3 aromatic heterocycles. The van der Waals surface area contributed by atoms with Crippen molar-refractivity contribution in [2.24, 2.45) is 7.05 Å². The van der Waals surface area contributed by atoms with Crippen molar-refractivity contribution in [1.82, 2.24) is 33.9 Å². The van der Waals surface area contributed by atoms with Crippen LogP contribution in [0.15, 0.2) is 233 Å². The first-order valence-electron chi connectivity index (χ1n) is 42.2. The second kappa shape index (κ2) is 44.4. The van der Waals surface area contributed by atoms with Gasteiger partial charge in [-0.3, -0.25) is 23.9 Å². The summed E-state index contributed by atoms with van der Waals surface area (Å²) in [4.78, 5) is 64.8. The van der Waals surface area contributed by atoms with Crippen LogP contribution in [0.2, 0.25) is 0 Å². The fourth-order valence-corrected chi connectivity index (χ4v) is 20.2. The molecule has 134 heavy (non-hydrogen) atoms. The van der Waals surface area contributed by atoms with Crippen molar-refractivity contribution >= 4 is 92.5 Å². The fraction of sp³-hybridized carbons (Fsp3) is 0.265. The molecule has 0 radical (unpaired) electrons. The van der Waals surface area contributed by atoms with Gasteiger partial charge in [0.15, 0.2) is 72.3 Å². The van der Waals surface area contributed by atoms with Crippen LogP contribution in [0.3, 0.4) is 0 Å². The number of rotatable bonds is 28. The lowest BCUT2D eigenvalue weighted by atomic mass is 10.0. The third-order valence-electron chi connectivity index (χ3n) is 21.7. The summed E-state index contributed by atoms with van der Waals surface area (Å²) in [5.41, 5.74) is 11.6. The zero-order valence-corrected chi connectivity index (χ0v) is 78.3. The van der Waals surface area contributed by atoms with Crippen LogP contribution in [0.1, 0.15) is 83.2 Å². The number of amides is 2. The minimum absolute atomic E-state index is 0.0142. The van der Waals surface area contributed by atoms with E-state index in [-0.39, 0.29) is 100 Å². The number of aromatic nitrogens is 5. The molecule has 17 rings (SSSR count). The number of hydrogen-bond donors (Lipinski definition) is 2. The number of ketones is 2. The minimum Gasteiger partial charge on any atom is -0.497 e. The Balaban J connectivity index is 0.000000143. The van der Waals surface area contributed by atoms with Gasteiger partial charge in [0.05, 0.1) is 65.7 Å². The number of ether oxygens (including phenoxy) is 11. The van der Waals surface area contributed by atoms with Crippen molar-refractivity contribution in [2.75, 3.05) is 98.5 Å². The molecule has 0 aliphatic carbocycles. The van der Waals surface area contributed by atoms with Crippen LogP contribution in [0.5, 0.6) is 63.2 Å². The van der Waals surface area contributed by atoms with E-state index in [2.05, 4.69) is 48.4 Å². The number of aryl methyl sites for hydroxylation is 7. The molecule has 0 atom stereocenters. The lowest BCUT2D eigenvalue weighted by Crippen LogP contribution is -2.51. The van der Waals surface area contributed by atoms with Gasteiger partial charge in [-0.2, -0.15) is 18.2 Å². The molecular formula is C98H99F2N9O21S4. The highest BCUT2D eigenvalue weighted by Crippen LogP contribution is 2.41. The van der Waals surface area contributed by atoms with Gasteiger partial charge in [0.25, 0.3) is 11.8 Å². The van der Waals surface area contributed by atoms with Crippen molar-refractivity contribution in [1.29, 1.82) is 0 Å². The van der Waals surface area contributed by atoms with E-state index in [0.29, 0.717) is 119 Å². The molecule has 1 fully saturated rings. The van der Waals surface area contributed by atoms with Crippen molar-refractivity contribution in [2.45, 2.75) is 93.1 Å². The number of nitrogens with zero attached hydrogens (tertiary/aromatic N) is 7. The molecule has 4 aliphatic heterocycles. The molecule has 0 spiro atoms. The van der Waals surface area contributed by atoms with Crippen LogP contribution in [0, 0.1) is 34.6 Å². The number of carbonyl (C=O) groups is 4. The molecule has 2 amide bonds. The van der Waals surface area contributed by atoms with E-state index < -0.39 is 42.2 Å². The number of piperazine rings is 1. The zero-order chi connectivity index (χ0) is 95.4. The van der Waals surface area contributed by atoms with Crippen molar-refractivity contribution in [3.05, 3.63) is 279 Å². The molecule has 0 saturated carbocycles. The zero-order valence-electron chi connectivity index (χ0n) is 75.1. The number of methoxy groups -OCH3 is 4. The van der Waals surface area contributed by atoms with E-state index >= 15 is 0 Å².